The lowest BCUT2D eigenvalue weighted by atomic mass is 10.1. The SMILES string of the molecule is C[C@@H](NC(=O)COC(=O)c1ccccc1[S@@](C)=O)c1ccc(Cl)cc1Cl. The predicted octanol–water partition coefficient (Wildman–Crippen LogP) is 3.77. The van der Waals surface area contributed by atoms with Gasteiger partial charge in [-0.2, -0.15) is 0 Å². The fraction of sp³-hybridized carbons (Fsp3) is 0.222. The zero-order chi connectivity index (χ0) is 19.3. The summed E-state index contributed by atoms with van der Waals surface area (Å²) in [5, 5.41) is 3.63. The number of esters is 1. The lowest BCUT2D eigenvalue weighted by molar-refractivity contribution is -0.124. The summed E-state index contributed by atoms with van der Waals surface area (Å²) < 4.78 is 16.7. The first kappa shape index (κ1) is 20.4. The number of carbonyl (C=O) groups is 2. The summed E-state index contributed by atoms with van der Waals surface area (Å²) in [5.74, 6) is -1.19. The van der Waals surface area contributed by atoms with Crippen molar-refractivity contribution in [3.63, 3.8) is 0 Å². The molecule has 0 aliphatic rings. The van der Waals surface area contributed by atoms with Gasteiger partial charge in [-0.1, -0.05) is 41.4 Å². The van der Waals surface area contributed by atoms with E-state index >= 15 is 0 Å². The van der Waals surface area contributed by atoms with Crippen LogP contribution in [-0.4, -0.2) is 28.9 Å². The molecule has 0 heterocycles. The Morgan fingerprint density at radius 2 is 1.88 bits per heavy atom. The molecule has 1 amide bonds. The van der Waals surface area contributed by atoms with Crippen LogP contribution in [0.3, 0.4) is 0 Å². The van der Waals surface area contributed by atoms with E-state index in [2.05, 4.69) is 5.32 Å². The van der Waals surface area contributed by atoms with Gasteiger partial charge in [-0.05, 0) is 36.8 Å². The topological polar surface area (TPSA) is 72.5 Å². The molecule has 0 saturated carbocycles. The van der Waals surface area contributed by atoms with Gasteiger partial charge in [0.15, 0.2) is 6.61 Å². The van der Waals surface area contributed by atoms with Gasteiger partial charge in [0.05, 0.1) is 27.3 Å². The molecule has 0 spiro atoms. The molecular weight excluding hydrogens is 397 g/mol. The highest BCUT2D eigenvalue weighted by Crippen LogP contribution is 2.26. The maximum atomic E-state index is 12.1. The van der Waals surface area contributed by atoms with E-state index in [1.165, 1.54) is 12.3 Å². The summed E-state index contributed by atoms with van der Waals surface area (Å²) in [4.78, 5) is 24.6. The zero-order valence-electron chi connectivity index (χ0n) is 14.1. The highest BCUT2D eigenvalue weighted by molar-refractivity contribution is 7.84. The van der Waals surface area contributed by atoms with E-state index in [1.54, 1.807) is 43.3 Å². The van der Waals surface area contributed by atoms with Crippen molar-refractivity contribution in [2.45, 2.75) is 17.9 Å². The molecule has 0 fully saturated rings. The summed E-state index contributed by atoms with van der Waals surface area (Å²) in [6, 6.07) is 11.0. The van der Waals surface area contributed by atoms with Crippen LogP contribution in [0.4, 0.5) is 0 Å². The minimum absolute atomic E-state index is 0.176. The number of nitrogens with one attached hydrogen (secondary N) is 1. The normalized spacial score (nSPS) is 12.9. The Bertz CT molecular complexity index is 857. The largest absolute Gasteiger partial charge is 0.452 e. The molecule has 1 N–H and O–H groups in total. The average Bonchev–Trinajstić information content (AvgIpc) is 2.59. The predicted molar refractivity (Wildman–Crippen MR) is 102 cm³/mol. The molecular formula is C18H17Cl2NO4S. The van der Waals surface area contributed by atoms with Gasteiger partial charge in [0.1, 0.15) is 0 Å². The second-order valence-corrected chi connectivity index (χ2v) is 7.67. The minimum atomic E-state index is -1.34. The molecule has 8 heteroatoms. The first-order valence-corrected chi connectivity index (χ1v) is 9.95. The molecule has 0 aromatic heterocycles. The van der Waals surface area contributed by atoms with Crippen LogP contribution in [0, 0.1) is 0 Å². The van der Waals surface area contributed by atoms with E-state index in [4.69, 9.17) is 27.9 Å². The molecule has 0 bridgehead atoms. The van der Waals surface area contributed by atoms with Crippen LogP contribution in [0.25, 0.3) is 0 Å². The fourth-order valence-electron chi connectivity index (χ4n) is 2.31. The summed E-state index contributed by atoms with van der Waals surface area (Å²) in [7, 11) is -1.34. The third-order valence-electron chi connectivity index (χ3n) is 3.56. The Morgan fingerprint density at radius 1 is 1.19 bits per heavy atom. The van der Waals surface area contributed by atoms with E-state index in [1.807, 2.05) is 0 Å². The Labute approximate surface area is 164 Å². The minimum Gasteiger partial charge on any atom is -0.452 e. The van der Waals surface area contributed by atoms with Gasteiger partial charge < -0.3 is 10.1 Å². The molecule has 26 heavy (non-hydrogen) atoms. The average molecular weight is 414 g/mol. The summed E-state index contributed by atoms with van der Waals surface area (Å²) in [5.41, 5.74) is 0.873. The summed E-state index contributed by atoms with van der Waals surface area (Å²) in [6.45, 7) is 1.30. The second kappa shape index (κ2) is 9.16. The van der Waals surface area contributed by atoms with Crippen molar-refractivity contribution in [1.82, 2.24) is 5.32 Å². The van der Waals surface area contributed by atoms with Crippen LogP contribution < -0.4 is 5.32 Å². The van der Waals surface area contributed by atoms with Crippen molar-refractivity contribution < 1.29 is 18.5 Å². The standard InChI is InChI=1S/C18H17Cl2NO4S/c1-11(13-8-7-12(19)9-15(13)20)21-17(22)10-25-18(23)14-5-3-4-6-16(14)26(2)24/h3-9,11H,10H2,1-2H3,(H,21,22)/t11-,26-/m1/s1. The van der Waals surface area contributed by atoms with E-state index in [0.717, 1.165) is 0 Å². The third kappa shape index (κ3) is 5.30. The van der Waals surface area contributed by atoms with Crippen LogP contribution in [0.2, 0.25) is 10.0 Å². The lowest BCUT2D eigenvalue weighted by Crippen LogP contribution is -2.31. The van der Waals surface area contributed by atoms with Gasteiger partial charge in [-0.15, -0.1) is 0 Å². The Morgan fingerprint density at radius 3 is 2.54 bits per heavy atom. The third-order valence-corrected chi connectivity index (χ3v) is 5.10. The van der Waals surface area contributed by atoms with Crippen molar-refractivity contribution in [3.8, 4) is 0 Å². The van der Waals surface area contributed by atoms with Gasteiger partial charge in [-0.3, -0.25) is 9.00 Å². The molecule has 0 unspecified atom stereocenters. The Hall–Kier alpha value is -1.89. The summed E-state index contributed by atoms with van der Waals surface area (Å²) in [6.07, 6.45) is 1.47. The molecule has 2 aromatic rings. The fourth-order valence-corrected chi connectivity index (χ4v) is 3.61. The molecule has 0 saturated heterocycles. The van der Waals surface area contributed by atoms with Crippen molar-refractivity contribution in [1.29, 1.82) is 0 Å². The van der Waals surface area contributed by atoms with Crippen LogP contribution in [0.15, 0.2) is 47.4 Å². The molecule has 0 radical (unpaired) electrons. The number of amides is 1. The van der Waals surface area contributed by atoms with Gasteiger partial charge in [-0.25, -0.2) is 4.79 Å². The van der Waals surface area contributed by atoms with Crippen LogP contribution in [0.5, 0.6) is 0 Å². The van der Waals surface area contributed by atoms with Crippen molar-refractivity contribution in [2.75, 3.05) is 12.9 Å². The van der Waals surface area contributed by atoms with Gasteiger partial charge >= 0.3 is 5.97 Å². The maximum absolute atomic E-state index is 12.1. The van der Waals surface area contributed by atoms with E-state index in [0.29, 0.717) is 20.5 Å². The number of halogens is 2. The second-order valence-electron chi connectivity index (χ2n) is 5.48. The number of benzene rings is 2. The Balaban J connectivity index is 1.96. The highest BCUT2D eigenvalue weighted by atomic mass is 35.5. The Kier molecular flexibility index (Phi) is 7.20. The highest BCUT2D eigenvalue weighted by Gasteiger charge is 2.18. The van der Waals surface area contributed by atoms with Gasteiger partial charge in [0.2, 0.25) is 0 Å². The van der Waals surface area contributed by atoms with Crippen molar-refractivity contribution in [3.05, 3.63) is 63.6 Å². The molecule has 2 aromatic carbocycles. The first-order valence-electron chi connectivity index (χ1n) is 7.63. The number of ether oxygens (including phenoxy) is 1. The number of hydrogen-bond donors (Lipinski definition) is 1. The molecule has 0 aliphatic heterocycles. The zero-order valence-corrected chi connectivity index (χ0v) is 16.5. The quantitative estimate of drug-likeness (QED) is 0.731. The number of carbonyl (C=O) groups excluding carboxylic acids is 2. The number of hydrogen-bond acceptors (Lipinski definition) is 4. The summed E-state index contributed by atoms with van der Waals surface area (Å²) >= 11 is 12.0. The maximum Gasteiger partial charge on any atom is 0.339 e. The first-order chi connectivity index (χ1) is 12.3. The molecule has 2 rings (SSSR count). The van der Waals surface area contributed by atoms with Crippen LogP contribution in [0.1, 0.15) is 28.9 Å². The number of rotatable bonds is 6. The molecule has 0 aliphatic carbocycles. The van der Waals surface area contributed by atoms with Gasteiger partial charge in [0, 0.05) is 16.3 Å². The smallest absolute Gasteiger partial charge is 0.339 e. The van der Waals surface area contributed by atoms with Crippen LogP contribution >= 0.6 is 23.2 Å². The van der Waals surface area contributed by atoms with Crippen LogP contribution in [-0.2, 0) is 20.3 Å². The van der Waals surface area contributed by atoms with E-state index < -0.39 is 29.3 Å². The molecule has 5 nitrogen and oxygen atoms in total. The van der Waals surface area contributed by atoms with Gasteiger partial charge in [0.25, 0.3) is 5.91 Å². The molecule has 138 valence electrons. The molecule has 2 atom stereocenters. The van der Waals surface area contributed by atoms with Crippen molar-refractivity contribution >= 4 is 45.9 Å². The lowest BCUT2D eigenvalue weighted by Gasteiger charge is -2.16. The van der Waals surface area contributed by atoms with Crippen molar-refractivity contribution in [2.24, 2.45) is 0 Å². The monoisotopic (exact) mass is 413 g/mol. The van der Waals surface area contributed by atoms with E-state index in [-0.39, 0.29) is 11.6 Å². The van der Waals surface area contributed by atoms with E-state index in [9.17, 15) is 13.8 Å².